The van der Waals surface area contributed by atoms with E-state index in [9.17, 15) is 18.0 Å². The van der Waals surface area contributed by atoms with Crippen molar-refractivity contribution in [2.75, 3.05) is 12.3 Å². The molecule has 0 radical (unpaired) electrons. The lowest BCUT2D eigenvalue weighted by molar-refractivity contribution is -0.173. The number of nitrogens with two attached hydrogens (primary N) is 1. The first-order valence-electron chi connectivity index (χ1n) is 4.61. The number of rotatable bonds is 3. The number of esters is 1. The Kier molecular flexibility index (Phi) is 3.87. The van der Waals surface area contributed by atoms with Crippen LogP contribution in [0.5, 0.6) is 0 Å². The van der Waals surface area contributed by atoms with E-state index in [0.717, 1.165) is 12.1 Å². The third kappa shape index (κ3) is 2.46. The Bertz CT molecular complexity index is 451. The minimum absolute atomic E-state index is 0.235. The van der Waals surface area contributed by atoms with E-state index in [4.69, 9.17) is 17.3 Å². The number of hydrogen-bond donors (Lipinski definition) is 1. The van der Waals surface area contributed by atoms with E-state index in [0.29, 0.717) is 0 Å². The molecule has 1 aromatic carbocycles. The minimum atomic E-state index is -4.08. The predicted molar refractivity (Wildman–Crippen MR) is 56.3 cm³/mol. The summed E-state index contributed by atoms with van der Waals surface area (Å²) in [4.78, 5) is 11.1. The fourth-order valence-corrected chi connectivity index (χ4v) is 1.50. The SMILES string of the molecule is CCOC(=O)C(F)(F)c1c(N)ccc(F)c1Cl. The molecule has 17 heavy (non-hydrogen) atoms. The molecule has 1 aromatic rings. The first kappa shape index (κ1) is 13.6. The van der Waals surface area contributed by atoms with E-state index >= 15 is 0 Å². The second-order valence-electron chi connectivity index (χ2n) is 3.12. The van der Waals surface area contributed by atoms with Gasteiger partial charge in [-0.2, -0.15) is 8.78 Å². The Morgan fingerprint density at radius 2 is 2.12 bits per heavy atom. The molecule has 0 amide bonds. The smallest absolute Gasteiger partial charge is 0.382 e. The lowest BCUT2D eigenvalue weighted by atomic mass is 10.1. The largest absolute Gasteiger partial charge is 0.461 e. The van der Waals surface area contributed by atoms with Crippen LogP contribution in [0.4, 0.5) is 18.9 Å². The highest BCUT2D eigenvalue weighted by molar-refractivity contribution is 6.32. The van der Waals surface area contributed by atoms with Gasteiger partial charge < -0.3 is 10.5 Å². The molecule has 1 rings (SSSR count). The van der Waals surface area contributed by atoms with Gasteiger partial charge >= 0.3 is 11.9 Å². The second kappa shape index (κ2) is 4.83. The molecule has 0 aliphatic carbocycles. The summed E-state index contributed by atoms with van der Waals surface area (Å²) < 4.78 is 44.5. The number of carbonyl (C=O) groups excluding carboxylic acids is 1. The van der Waals surface area contributed by atoms with Crippen LogP contribution in [-0.4, -0.2) is 12.6 Å². The summed E-state index contributed by atoms with van der Waals surface area (Å²) >= 11 is 5.38. The fourth-order valence-electron chi connectivity index (χ4n) is 1.21. The summed E-state index contributed by atoms with van der Waals surface area (Å²) in [7, 11) is 0. The quantitative estimate of drug-likeness (QED) is 0.677. The van der Waals surface area contributed by atoms with Crippen LogP contribution in [0.1, 0.15) is 12.5 Å². The van der Waals surface area contributed by atoms with Gasteiger partial charge in [0.1, 0.15) is 5.82 Å². The van der Waals surface area contributed by atoms with Gasteiger partial charge in [-0.25, -0.2) is 9.18 Å². The number of anilines is 1. The first-order valence-corrected chi connectivity index (χ1v) is 4.99. The van der Waals surface area contributed by atoms with Gasteiger partial charge in [0, 0.05) is 5.69 Å². The standard InChI is InChI=1S/C10H9ClF3NO2/c1-2-17-9(16)10(13,14)7-6(15)4-3-5(12)8(7)11/h3-4H,2,15H2,1H3. The Labute approximate surface area is 100 Å². The molecule has 0 saturated heterocycles. The molecule has 0 atom stereocenters. The van der Waals surface area contributed by atoms with Gasteiger partial charge in [0.25, 0.3) is 0 Å². The molecule has 0 spiro atoms. The minimum Gasteiger partial charge on any atom is -0.461 e. The summed E-state index contributed by atoms with van der Waals surface area (Å²) in [5.41, 5.74) is 3.72. The van der Waals surface area contributed by atoms with Gasteiger partial charge in [0.2, 0.25) is 0 Å². The van der Waals surface area contributed by atoms with Crippen LogP contribution in [-0.2, 0) is 15.5 Å². The molecule has 0 saturated carbocycles. The Morgan fingerprint density at radius 3 is 2.65 bits per heavy atom. The molecule has 2 N–H and O–H groups in total. The summed E-state index contributed by atoms with van der Waals surface area (Å²) in [5.74, 6) is -6.99. The van der Waals surface area contributed by atoms with Gasteiger partial charge in [-0.1, -0.05) is 11.6 Å². The lowest BCUT2D eigenvalue weighted by Crippen LogP contribution is -2.30. The van der Waals surface area contributed by atoms with E-state index in [2.05, 4.69) is 4.74 Å². The summed E-state index contributed by atoms with van der Waals surface area (Å²) in [6.07, 6.45) is 0. The Hall–Kier alpha value is -1.43. The van der Waals surface area contributed by atoms with Crippen molar-refractivity contribution >= 4 is 23.3 Å². The summed E-state index contributed by atoms with van der Waals surface area (Å²) in [6, 6.07) is 1.74. The predicted octanol–water partition coefficient (Wildman–Crippen LogP) is 2.72. The average molecular weight is 268 g/mol. The number of hydrogen-bond acceptors (Lipinski definition) is 3. The molecule has 0 bridgehead atoms. The normalized spacial score (nSPS) is 11.4. The highest BCUT2D eigenvalue weighted by atomic mass is 35.5. The summed E-state index contributed by atoms with van der Waals surface area (Å²) in [6.45, 7) is 1.13. The van der Waals surface area contributed by atoms with Gasteiger partial charge in [-0.15, -0.1) is 0 Å². The summed E-state index contributed by atoms with van der Waals surface area (Å²) in [5, 5.41) is -0.886. The molecule has 3 nitrogen and oxygen atoms in total. The maximum atomic E-state index is 13.6. The molecular weight excluding hydrogens is 259 g/mol. The van der Waals surface area contributed by atoms with Crippen molar-refractivity contribution in [2.24, 2.45) is 0 Å². The fraction of sp³-hybridized carbons (Fsp3) is 0.300. The second-order valence-corrected chi connectivity index (χ2v) is 3.50. The Balaban J connectivity index is 3.32. The monoisotopic (exact) mass is 267 g/mol. The third-order valence-electron chi connectivity index (χ3n) is 1.97. The molecule has 0 fully saturated rings. The van der Waals surface area contributed by atoms with Crippen molar-refractivity contribution in [3.05, 3.63) is 28.5 Å². The van der Waals surface area contributed by atoms with Crippen LogP contribution < -0.4 is 5.73 Å². The van der Waals surface area contributed by atoms with Crippen molar-refractivity contribution in [1.29, 1.82) is 0 Å². The zero-order valence-corrected chi connectivity index (χ0v) is 9.52. The number of ether oxygens (including phenoxy) is 1. The number of alkyl halides is 2. The highest BCUT2D eigenvalue weighted by Gasteiger charge is 2.46. The number of halogens is 4. The topological polar surface area (TPSA) is 52.3 Å². The molecule has 0 unspecified atom stereocenters. The third-order valence-corrected chi connectivity index (χ3v) is 2.34. The Morgan fingerprint density at radius 1 is 1.53 bits per heavy atom. The van der Waals surface area contributed by atoms with Crippen molar-refractivity contribution in [3.63, 3.8) is 0 Å². The van der Waals surface area contributed by atoms with Crippen molar-refractivity contribution in [3.8, 4) is 0 Å². The number of carbonyl (C=O) groups is 1. The van der Waals surface area contributed by atoms with Crippen molar-refractivity contribution in [1.82, 2.24) is 0 Å². The lowest BCUT2D eigenvalue weighted by Gasteiger charge is -2.18. The number of nitrogen functional groups attached to an aromatic ring is 1. The van der Waals surface area contributed by atoms with Gasteiger partial charge in [0.15, 0.2) is 0 Å². The zero-order chi connectivity index (χ0) is 13.2. The van der Waals surface area contributed by atoms with Gasteiger partial charge in [-0.05, 0) is 19.1 Å². The van der Waals surface area contributed by atoms with Crippen molar-refractivity contribution < 1.29 is 22.7 Å². The van der Waals surface area contributed by atoms with Crippen LogP contribution in [0.15, 0.2) is 12.1 Å². The van der Waals surface area contributed by atoms with Crippen LogP contribution >= 0.6 is 11.6 Å². The van der Waals surface area contributed by atoms with Gasteiger partial charge in [-0.3, -0.25) is 0 Å². The van der Waals surface area contributed by atoms with E-state index < -0.39 is 34.0 Å². The van der Waals surface area contributed by atoms with Crippen LogP contribution in [0.2, 0.25) is 5.02 Å². The van der Waals surface area contributed by atoms with Crippen LogP contribution in [0.25, 0.3) is 0 Å². The van der Waals surface area contributed by atoms with Crippen molar-refractivity contribution in [2.45, 2.75) is 12.8 Å². The first-order chi connectivity index (χ1) is 7.82. The maximum absolute atomic E-state index is 13.6. The van der Waals surface area contributed by atoms with Gasteiger partial charge in [0.05, 0.1) is 17.2 Å². The molecule has 0 aliphatic heterocycles. The maximum Gasteiger partial charge on any atom is 0.382 e. The van der Waals surface area contributed by atoms with E-state index in [1.54, 1.807) is 0 Å². The van der Waals surface area contributed by atoms with Crippen LogP contribution in [0.3, 0.4) is 0 Å². The highest BCUT2D eigenvalue weighted by Crippen LogP contribution is 2.39. The number of benzene rings is 1. The van der Waals surface area contributed by atoms with E-state index in [1.165, 1.54) is 6.92 Å². The molecule has 94 valence electrons. The average Bonchev–Trinajstić information content (AvgIpc) is 2.24. The van der Waals surface area contributed by atoms with E-state index in [1.807, 2.05) is 0 Å². The molecular formula is C10H9ClF3NO2. The molecule has 7 heteroatoms. The molecule has 0 heterocycles. The van der Waals surface area contributed by atoms with E-state index in [-0.39, 0.29) is 6.61 Å². The van der Waals surface area contributed by atoms with Crippen LogP contribution in [0, 0.1) is 5.82 Å². The molecule has 0 aliphatic rings. The zero-order valence-electron chi connectivity index (χ0n) is 8.77. The molecule has 0 aromatic heterocycles.